The van der Waals surface area contributed by atoms with Gasteiger partial charge in [-0.1, -0.05) is 0 Å². The minimum Gasteiger partial charge on any atom is -0.465 e. The van der Waals surface area contributed by atoms with Gasteiger partial charge in [-0.05, 0) is 42.8 Å². The molecule has 102 valence electrons. The maximum atomic E-state index is 12.1. The van der Waals surface area contributed by atoms with Crippen LogP contribution in [0.1, 0.15) is 26.3 Å². The molecule has 5 nitrogen and oxygen atoms in total. The Balaban J connectivity index is 2.13. The molecule has 0 fully saturated rings. The van der Waals surface area contributed by atoms with E-state index >= 15 is 0 Å². The van der Waals surface area contributed by atoms with E-state index in [-0.39, 0.29) is 5.91 Å². The predicted octanol–water partition coefficient (Wildman–Crippen LogP) is 2.43. The number of aromatic nitrogens is 1. The van der Waals surface area contributed by atoms with Crippen LogP contribution in [0.5, 0.6) is 0 Å². The van der Waals surface area contributed by atoms with Gasteiger partial charge in [0.15, 0.2) is 0 Å². The number of benzene rings is 1. The van der Waals surface area contributed by atoms with Crippen molar-refractivity contribution >= 4 is 17.6 Å². The SMILES string of the molecule is COC(=O)c1ccc(NC(=O)c2ccncc2C)cc1. The molecule has 2 rings (SSSR count). The van der Waals surface area contributed by atoms with E-state index in [4.69, 9.17) is 0 Å². The second kappa shape index (κ2) is 5.97. The standard InChI is InChI=1S/C15H14N2O3/c1-10-9-16-8-7-13(10)14(18)17-12-5-3-11(4-6-12)15(19)20-2/h3-9H,1-2H3,(H,17,18). The van der Waals surface area contributed by atoms with E-state index in [0.717, 1.165) is 5.56 Å². The summed E-state index contributed by atoms with van der Waals surface area (Å²) in [7, 11) is 1.32. The molecule has 0 aliphatic heterocycles. The first kappa shape index (κ1) is 13.7. The van der Waals surface area contributed by atoms with Crippen molar-refractivity contribution in [2.24, 2.45) is 0 Å². The summed E-state index contributed by atoms with van der Waals surface area (Å²) < 4.78 is 4.61. The molecular weight excluding hydrogens is 256 g/mol. The van der Waals surface area contributed by atoms with Gasteiger partial charge in [-0.25, -0.2) is 4.79 Å². The number of hydrogen-bond acceptors (Lipinski definition) is 4. The van der Waals surface area contributed by atoms with E-state index in [1.54, 1.807) is 42.7 Å². The van der Waals surface area contributed by atoms with E-state index in [9.17, 15) is 9.59 Å². The number of nitrogens with zero attached hydrogens (tertiary/aromatic N) is 1. The summed E-state index contributed by atoms with van der Waals surface area (Å²) in [5, 5.41) is 2.76. The lowest BCUT2D eigenvalue weighted by Crippen LogP contribution is -2.13. The number of pyridine rings is 1. The molecular formula is C15H14N2O3. The second-order valence-electron chi connectivity index (χ2n) is 4.21. The van der Waals surface area contributed by atoms with Crippen LogP contribution in [0, 0.1) is 6.92 Å². The number of esters is 1. The molecule has 0 atom stereocenters. The smallest absolute Gasteiger partial charge is 0.337 e. The van der Waals surface area contributed by atoms with Crippen molar-refractivity contribution in [1.82, 2.24) is 4.98 Å². The Morgan fingerprint density at radius 1 is 1.15 bits per heavy atom. The highest BCUT2D eigenvalue weighted by atomic mass is 16.5. The summed E-state index contributed by atoms with van der Waals surface area (Å²) in [4.78, 5) is 27.3. The fourth-order valence-electron chi connectivity index (χ4n) is 1.73. The van der Waals surface area contributed by atoms with Crippen LogP contribution < -0.4 is 5.32 Å². The van der Waals surface area contributed by atoms with Crippen molar-refractivity contribution in [3.05, 3.63) is 59.4 Å². The van der Waals surface area contributed by atoms with Crippen LogP contribution in [0.3, 0.4) is 0 Å². The third kappa shape index (κ3) is 3.00. The first-order chi connectivity index (χ1) is 9.61. The van der Waals surface area contributed by atoms with Crippen molar-refractivity contribution in [3.63, 3.8) is 0 Å². The number of aryl methyl sites for hydroxylation is 1. The van der Waals surface area contributed by atoms with Crippen LogP contribution >= 0.6 is 0 Å². The zero-order valence-corrected chi connectivity index (χ0v) is 11.2. The number of anilines is 1. The number of amides is 1. The van der Waals surface area contributed by atoms with Crippen LogP contribution in [0.25, 0.3) is 0 Å². The molecule has 0 bridgehead atoms. The summed E-state index contributed by atoms with van der Waals surface area (Å²) in [6, 6.07) is 8.16. The molecule has 0 radical (unpaired) electrons. The van der Waals surface area contributed by atoms with Crippen LogP contribution in [-0.4, -0.2) is 24.0 Å². The maximum absolute atomic E-state index is 12.1. The molecule has 1 heterocycles. The molecule has 1 aromatic heterocycles. The fraction of sp³-hybridized carbons (Fsp3) is 0.133. The normalized spacial score (nSPS) is 9.90. The predicted molar refractivity (Wildman–Crippen MR) is 74.7 cm³/mol. The number of hydrogen-bond donors (Lipinski definition) is 1. The molecule has 20 heavy (non-hydrogen) atoms. The van der Waals surface area contributed by atoms with E-state index < -0.39 is 5.97 Å². The quantitative estimate of drug-likeness (QED) is 0.870. The average Bonchev–Trinajstić information content (AvgIpc) is 2.47. The van der Waals surface area contributed by atoms with E-state index in [1.165, 1.54) is 7.11 Å². The minimum absolute atomic E-state index is 0.212. The largest absolute Gasteiger partial charge is 0.465 e. The van der Waals surface area contributed by atoms with Crippen molar-refractivity contribution in [3.8, 4) is 0 Å². The molecule has 1 amide bonds. The Labute approximate surface area is 116 Å². The van der Waals surface area contributed by atoms with Gasteiger partial charge in [0.1, 0.15) is 0 Å². The van der Waals surface area contributed by atoms with E-state index in [2.05, 4.69) is 15.0 Å². The van der Waals surface area contributed by atoms with Crippen molar-refractivity contribution in [2.75, 3.05) is 12.4 Å². The zero-order valence-electron chi connectivity index (χ0n) is 11.2. The number of carbonyl (C=O) groups excluding carboxylic acids is 2. The lowest BCUT2D eigenvalue weighted by atomic mass is 10.1. The van der Waals surface area contributed by atoms with Crippen LogP contribution in [0.15, 0.2) is 42.7 Å². The summed E-state index contributed by atoms with van der Waals surface area (Å²) >= 11 is 0. The molecule has 0 aliphatic carbocycles. The minimum atomic E-state index is -0.409. The van der Waals surface area contributed by atoms with Gasteiger partial charge in [0, 0.05) is 23.6 Å². The molecule has 1 aromatic carbocycles. The first-order valence-electron chi connectivity index (χ1n) is 6.02. The van der Waals surface area contributed by atoms with Gasteiger partial charge in [0.2, 0.25) is 0 Å². The molecule has 0 saturated carbocycles. The van der Waals surface area contributed by atoms with Gasteiger partial charge in [-0.15, -0.1) is 0 Å². The first-order valence-corrected chi connectivity index (χ1v) is 6.02. The number of rotatable bonds is 3. The maximum Gasteiger partial charge on any atom is 0.337 e. The average molecular weight is 270 g/mol. The van der Waals surface area contributed by atoms with Gasteiger partial charge in [-0.3, -0.25) is 9.78 Å². The third-order valence-corrected chi connectivity index (χ3v) is 2.83. The summed E-state index contributed by atoms with van der Waals surface area (Å²) in [6.07, 6.45) is 3.21. The lowest BCUT2D eigenvalue weighted by Gasteiger charge is -2.07. The van der Waals surface area contributed by atoms with Gasteiger partial charge in [-0.2, -0.15) is 0 Å². The Kier molecular flexibility index (Phi) is 4.10. The van der Waals surface area contributed by atoms with Crippen LogP contribution in [0.4, 0.5) is 5.69 Å². The van der Waals surface area contributed by atoms with Gasteiger partial charge >= 0.3 is 5.97 Å². The van der Waals surface area contributed by atoms with Gasteiger partial charge in [0.25, 0.3) is 5.91 Å². The Bertz CT molecular complexity index is 636. The Morgan fingerprint density at radius 3 is 2.45 bits per heavy atom. The summed E-state index contributed by atoms with van der Waals surface area (Å²) in [6.45, 7) is 1.82. The van der Waals surface area contributed by atoms with Gasteiger partial charge in [0.05, 0.1) is 12.7 Å². The van der Waals surface area contributed by atoms with Crippen LogP contribution in [0.2, 0.25) is 0 Å². The molecule has 2 aromatic rings. The Hall–Kier alpha value is -2.69. The topological polar surface area (TPSA) is 68.3 Å². The second-order valence-corrected chi connectivity index (χ2v) is 4.21. The lowest BCUT2D eigenvalue weighted by molar-refractivity contribution is 0.0600. The highest BCUT2D eigenvalue weighted by Crippen LogP contribution is 2.13. The molecule has 0 unspecified atom stereocenters. The van der Waals surface area contributed by atoms with Crippen LogP contribution in [-0.2, 0) is 4.74 Å². The molecule has 1 N–H and O–H groups in total. The van der Waals surface area contributed by atoms with Crippen molar-refractivity contribution < 1.29 is 14.3 Å². The van der Waals surface area contributed by atoms with E-state index in [1.807, 2.05) is 6.92 Å². The fourth-order valence-corrected chi connectivity index (χ4v) is 1.73. The van der Waals surface area contributed by atoms with Crippen molar-refractivity contribution in [2.45, 2.75) is 6.92 Å². The summed E-state index contributed by atoms with van der Waals surface area (Å²) in [5.74, 6) is -0.622. The molecule has 0 aliphatic rings. The number of nitrogens with one attached hydrogen (secondary N) is 1. The molecule has 0 saturated heterocycles. The number of ether oxygens (including phenoxy) is 1. The number of carbonyl (C=O) groups is 2. The molecule has 5 heteroatoms. The third-order valence-electron chi connectivity index (χ3n) is 2.83. The zero-order chi connectivity index (χ0) is 14.5. The van der Waals surface area contributed by atoms with Crippen molar-refractivity contribution in [1.29, 1.82) is 0 Å². The Morgan fingerprint density at radius 2 is 1.85 bits per heavy atom. The van der Waals surface area contributed by atoms with Gasteiger partial charge < -0.3 is 10.1 Å². The monoisotopic (exact) mass is 270 g/mol. The molecule has 0 spiro atoms. The highest BCUT2D eigenvalue weighted by Gasteiger charge is 2.10. The highest BCUT2D eigenvalue weighted by molar-refractivity contribution is 6.05. The number of methoxy groups -OCH3 is 1. The summed E-state index contributed by atoms with van der Waals surface area (Å²) in [5.41, 5.74) is 2.41. The van der Waals surface area contributed by atoms with E-state index in [0.29, 0.717) is 16.8 Å².